The zero-order chi connectivity index (χ0) is 10.9. The maximum Gasteiger partial charge on any atom is 0.203 e. The highest BCUT2D eigenvalue weighted by Gasteiger charge is 2.27. The van der Waals surface area contributed by atoms with Crippen molar-refractivity contribution in [3.8, 4) is 0 Å². The van der Waals surface area contributed by atoms with Gasteiger partial charge in [-0.05, 0) is 13.8 Å². The van der Waals surface area contributed by atoms with Gasteiger partial charge in [0.15, 0.2) is 0 Å². The third kappa shape index (κ3) is 2.87. The second kappa shape index (κ2) is 4.03. The van der Waals surface area contributed by atoms with Crippen LogP contribution in [0.3, 0.4) is 0 Å². The quantitative estimate of drug-likeness (QED) is 0.808. The number of ether oxygens (including phenoxy) is 1. The van der Waals surface area contributed by atoms with Crippen LogP contribution in [0.5, 0.6) is 0 Å². The minimum Gasteiger partial charge on any atom is -0.374 e. The predicted molar refractivity (Wildman–Crippen MR) is 59.6 cm³/mol. The van der Waals surface area contributed by atoms with Crippen molar-refractivity contribution in [1.82, 2.24) is 15.1 Å². The number of hydrogen-bond acceptors (Lipinski definition) is 6. The Morgan fingerprint density at radius 2 is 2.33 bits per heavy atom. The third-order valence-electron chi connectivity index (χ3n) is 2.35. The lowest BCUT2D eigenvalue weighted by atomic mass is 10.1. The summed E-state index contributed by atoms with van der Waals surface area (Å²) in [7, 11) is 0. The summed E-state index contributed by atoms with van der Waals surface area (Å²) < 4.78 is 5.64. The normalized spacial score (nSPS) is 21.7. The highest BCUT2D eigenvalue weighted by molar-refractivity contribution is 7.15. The molecule has 6 heteroatoms. The molecule has 0 atom stereocenters. The first kappa shape index (κ1) is 10.8. The van der Waals surface area contributed by atoms with Gasteiger partial charge in [-0.3, -0.25) is 4.90 Å². The van der Waals surface area contributed by atoms with E-state index < -0.39 is 0 Å². The minimum absolute atomic E-state index is 0.0610. The van der Waals surface area contributed by atoms with Gasteiger partial charge in [-0.25, -0.2) is 0 Å². The van der Waals surface area contributed by atoms with Gasteiger partial charge in [0, 0.05) is 13.1 Å². The summed E-state index contributed by atoms with van der Waals surface area (Å²) in [4.78, 5) is 2.32. The zero-order valence-corrected chi connectivity index (χ0v) is 9.88. The monoisotopic (exact) mass is 228 g/mol. The van der Waals surface area contributed by atoms with Gasteiger partial charge in [-0.15, -0.1) is 10.2 Å². The van der Waals surface area contributed by atoms with Crippen molar-refractivity contribution < 1.29 is 4.74 Å². The molecule has 0 saturated carbocycles. The fourth-order valence-corrected chi connectivity index (χ4v) is 2.42. The standard InChI is InChI=1S/C9H16N4OS/c1-9(2)6-13(3-4-14-9)5-7-11-12-8(10)15-7/h3-6H2,1-2H3,(H2,10,12). The number of anilines is 1. The maximum atomic E-state index is 5.64. The highest BCUT2D eigenvalue weighted by atomic mass is 32.1. The first-order valence-electron chi connectivity index (χ1n) is 4.99. The first-order chi connectivity index (χ1) is 7.05. The summed E-state index contributed by atoms with van der Waals surface area (Å²) in [6.45, 7) is 7.68. The number of nitrogens with zero attached hydrogens (tertiary/aromatic N) is 3. The molecule has 1 aliphatic rings. The van der Waals surface area contributed by atoms with Crippen molar-refractivity contribution in [2.75, 3.05) is 25.4 Å². The Balaban J connectivity index is 1.95. The Morgan fingerprint density at radius 3 is 2.93 bits per heavy atom. The molecule has 84 valence electrons. The van der Waals surface area contributed by atoms with Crippen molar-refractivity contribution in [2.24, 2.45) is 0 Å². The van der Waals surface area contributed by atoms with E-state index in [0.29, 0.717) is 5.13 Å². The number of hydrogen-bond donors (Lipinski definition) is 1. The Hall–Kier alpha value is -0.720. The van der Waals surface area contributed by atoms with Crippen LogP contribution in [0.1, 0.15) is 18.9 Å². The summed E-state index contributed by atoms with van der Waals surface area (Å²) >= 11 is 1.45. The van der Waals surface area contributed by atoms with E-state index in [-0.39, 0.29) is 5.60 Å². The second-order valence-electron chi connectivity index (χ2n) is 4.35. The average Bonchev–Trinajstić information content (AvgIpc) is 2.49. The van der Waals surface area contributed by atoms with Crippen LogP contribution in [0.25, 0.3) is 0 Å². The molecule has 1 fully saturated rings. The summed E-state index contributed by atoms with van der Waals surface area (Å²) in [5.74, 6) is 0. The van der Waals surface area contributed by atoms with Gasteiger partial charge in [0.1, 0.15) is 5.01 Å². The lowest BCUT2D eigenvalue weighted by molar-refractivity contribution is -0.0883. The van der Waals surface area contributed by atoms with Gasteiger partial charge >= 0.3 is 0 Å². The average molecular weight is 228 g/mol. The molecular weight excluding hydrogens is 212 g/mol. The maximum absolute atomic E-state index is 5.64. The molecule has 15 heavy (non-hydrogen) atoms. The number of nitrogen functional groups attached to an aromatic ring is 1. The van der Waals surface area contributed by atoms with E-state index in [9.17, 15) is 0 Å². The zero-order valence-electron chi connectivity index (χ0n) is 9.06. The fourth-order valence-electron chi connectivity index (χ4n) is 1.77. The molecule has 0 unspecified atom stereocenters. The lowest BCUT2D eigenvalue weighted by Crippen LogP contribution is -2.47. The summed E-state index contributed by atoms with van der Waals surface area (Å²) in [6, 6.07) is 0. The molecular formula is C9H16N4OS. The van der Waals surface area contributed by atoms with E-state index in [2.05, 4.69) is 28.9 Å². The molecule has 1 aromatic rings. The second-order valence-corrected chi connectivity index (χ2v) is 5.45. The molecule has 2 N–H and O–H groups in total. The fraction of sp³-hybridized carbons (Fsp3) is 0.778. The molecule has 0 bridgehead atoms. The Morgan fingerprint density at radius 1 is 1.53 bits per heavy atom. The van der Waals surface area contributed by atoms with Crippen LogP contribution in [0.15, 0.2) is 0 Å². The van der Waals surface area contributed by atoms with Crippen LogP contribution in [0.2, 0.25) is 0 Å². The Labute approximate surface area is 93.2 Å². The van der Waals surface area contributed by atoms with Crippen LogP contribution in [0.4, 0.5) is 5.13 Å². The van der Waals surface area contributed by atoms with Gasteiger partial charge in [0.05, 0.1) is 18.8 Å². The minimum atomic E-state index is -0.0610. The highest BCUT2D eigenvalue weighted by Crippen LogP contribution is 2.20. The molecule has 1 aliphatic heterocycles. The largest absolute Gasteiger partial charge is 0.374 e. The van der Waals surface area contributed by atoms with Gasteiger partial charge < -0.3 is 10.5 Å². The lowest BCUT2D eigenvalue weighted by Gasteiger charge is -2.37. The van der Waals surface area contributed by atoms with E-state index in [1.54, 1.807) is 0 Å². The molecule has 0 spiro atoms. The van der Waals surface area contributed by atoms with Crippen molar-refractivity contribution in [2.45, 2.75) is 26.0 Å². The number of aromatic nitrogens is 2. The molecule has 1 aromatic heterocycles. The molecule has 5 nitrogen and oxygen atoms in total. The van der Waals surface area contributed by atoms with E-state index >= 15 is 0 Å². The number of morpholine rings is 1. The van der Waals surface area contributed by atoms with Crippen LogP contribution in [-0.2, 0) is 11.3 Å². The SMILES string of the molecule is CC1(C)CN(Cc2nnc(N)s2)CCO1. The molecule has 0 aliphatic carbocycles. The number of nitrogens with two attached hydrogens (primary N) is 1. The van der Waals surface area contributed by atoms with E-state index in [4.69, 9.17) is 10.5 Å². The van der Waals surface area contributed by atoms with Crippen LogP contribution in [0, 0.1) is 0 Å². The van der Waals surface area contributed by atoms with Gasteiger partial charge in [-0.1, -0.05) is 11.3 Å². The summed E-state index contributed by atoms with van der Waals surface area (Å²) in [5.41, 5.74) is 5.48. The first-order valence-corrected chi connectivity index (χ1v) is 5.81. The topological polar surface area (TPSA) is 64.3 Å². The summed E-state index contributed by atoms with van der Waals surface area (Å²) in [5, 5.41) is 9.34. The molecule has 0 radical (unpaired) electrons. The Bertz CT molecular complexity index is 339. The number of rotatable bonds is 2. The van der Waals surface area contributed by atoms with Crippen molar-refractivity contribution in [3.05, 3.63) is 5.01 Å². The molecule has 2 heterocycles. The van der Waals surface area contributed by atoms with Crippen molar-refractivity contribution in [3.63, 3.8) is 0 Å². The Kier molecular flexibility index (Phi) is 2.90. The smallest absolute Gasteiger partial charge is 0.203 e. The van der Waals surface area contributed by atoms with Gasteiger partial charge in [0.25, 0.3) is 0 Å². The molecule has 0 amide bonds. The third-order valence-corrected chi connectivity index (χ3v) is 3.08. The van der Waals surface area contributed by atoms with E-state index in [1.807, 2.05) is 0 Å². The molecule has 2 rings (SSSR count). The van der Waals surface area contributed by atoms with Crippen LogP contribution in [-0.4, -0.2) is 40.4 Å². The van der Waals surface area contributed by atoms with Crippen molar-refractivity contribution >= 4 is 16.5 Å². The predicted octanol–water partition coefficient (Wildman–Crippen LogP) is 0.731. The van der Waals surface area contributed by atoms with Crippen LogP contribution >= 0.6 is 11.3 Å². The molecule has 1 saturated heterocycles. The molecule has 0 aromatic carbocycles. The van der Waals surface area contributed by atoms with E-state index in [0.717, 1.165) is 31.2 Å². The van der Waals surface area contributed by atoms with E-state index in [1.165, 1.54) is 11.3 Å². The van der Waals surface area contributed by atoms with Crippen molar-refractivity contribution in [1.29, 1.82) is 0 Å². The van der Waals surface area contributed by atoms with Gasteiger partial charge in [0.2, 0.25) is 5.13 Å². The van der Waals surface area contributed by atoms with Crippen LogP contribution < -0.4 is 5.73 Å². The van der Waals surface area contributed by atoms with Gasteiger partial charge in [-0.2, -0.15) is 0 Å². The summed E-state index contributed by atoms with van der Waals surface area (Å²) in [6.07, 6.45) is 0.